The summed E-state index contributed by atoms with van der Waals surface area (Å²) in [5, 5.41) is 5.81. The highest BCUT2D eigenvalue weighted by Gasteiger charge is 2.49. The van der Waals surface area contributed by atoms with Crippen LogP contribution in [0.3, 0.4) is 0 Å². The summed E-state index contributed by atoms with van der Waals surface area (Å²) in [5.74, 6) is -0.639. The monoisotopic (exact) mass is 399 g/mol. The Morgan fingerprint density at radius 1 is 1.10 bits per heavy atom. The van der Waals surface area contributed by atoms with Crippen molar-refractivity contribution in [2.24, 2.45) is 0 Å². The van der Waals surface area contributed by atoms with E-state index in [1.54, 1.807) is 6.92 Å². The van der Waals surface area contributed by atoms with Gasteiger partial charge in [-0.3, -0.25) is 14.5 Å². The Balaban J connectivity index is 1.64. The Kier molecular flexibility index (Phi) is 6.93. The van der Waals surface area contributed by atoms with Gasteiger partial charge in [0.05, 0.1) is 0 Å². The van der Waals surface area contributed by atoms with Crippen LogP contribution in [-0.2, 0) is 21.5 Å². The van der Waals surface area contributed by atoms with Crippen molar-refractivity contribution in [1.29, 1.82) is 0 Å². The highest BCUT2D eigenvalue weighted by Crippen LogP contribution is 2.29. The van der Waals surface area contributed by atoms with Crippen LogP contribution in [0.4, 0.5) is 4.79 Å². The van der Waals surface area contributed by atoms with E-state index in [0.29, 0.717) is 0 Å². The van der Waals surface area contributed by atoms with Gasteiger partial charge in [-0.2, -0.15) is 0 Å². The van der Waals surface area contributed by atoms with E-state index in [1.807, 2.05) is 24.3 Å². The molecule has 1 saturated heterocycles. The van der Waals surface area contributed by atoms with Crippen LogP contribution in [0.2, 0.25) is 0 Å². The highest BCUT2D eigenvalue weighted by molar-refractivity contribution is 6.09. The number of hydrogen-bond acceptors (Lipinski definition) is 3. The normalized spacial score (nSPS) is 23.4. The molecule has 1 aromatic rings. The molecule has 6 heteroatoms. The first kappa shape index (κ1) is 21.3. The molecule has 0 radical (unpaired) electrons. The van der Waals surface area contributed by atoms with Crippen LogP contribution in [0.1, 0.15) is 76.3 Å². The summed E-state index contributed by atoms with van der Waals surface area (Å²) < 4.78 is 0. The number of hydrogen-bond donors (Lipinski definition) is 2. The molecule has 1 aliphatic heterocycles. The van der Waals surface area contributed by atoms with Crippen LogP contribution in [0, 0.1) is 0 Å². The molecule has 1 aliphatic carbocycles. The molecule has 0 aromatic heterocycles. The molecule has 29 heavy (non-hydrogen) atoms. The first-order valence-electron chi connectivity index (χ1n) is 11.0. The average Bonchev–Trinajstić information content (AvgIpc) is 2.89. The van der Waals surface area contributed by atoms with Crippen LogP contribution in [0.5, 0.6) is 0 Å². The molecular formula is C23H33N3O3. The Labute approximate surface area is 173 Å². The minimum Gasteiger partial charge on any atom is -0.352 e. The zero-order valence-corrected chi connectivity index (χ0v) is 17.6. The molecule has 1 saturated carbocycles. The van der Waals surface area contributed by atoms with Gasteiger partial charge in [0.25, 0.3) is 5.91 Å². The zero-order chi connectivity index (χ0) is 20.9. The van der Waals surface area contributed by atoms with Crippen molar-refractivity contribution in [2.75, 3.05) is 6.54 Å². The first-order chi connectivity index (χ1) is 13.9. The fourth-order valence-electron chi connectivity index (χ4n) is 4.35. The third kappa shape index (κ3) is 4.98. The molecule has 6 nitrogen and oxygen atoms in total. The van der Waals surface area contributed by atoms with Gasteiger partial charge in [0.1, 0.15) is 12.1 Å². The fourth-order valence-corrected chi connectivity index (χ4v) is 4.35. The van der Waals surface area contributed by atoms with Crippen molar-refractivity contribution in [1.82, 2.24) is 15.5 Å². The SMILES string of the molecule is CCCc1ccc(C2(C)NC(=O)N(CC(=O)NC3CCCCCCC3)C2=O)cc1. The quantitative estimate of drug-likeness (QED) is 0.717. The van der Waals surface area contributed by atoms with Gasteiger partial charge in [-0.25, -0.2) is 4.79 Å². The summed E-state index contributed by atoms with van der Waals surface area (Å²) in [6.07, 6.45) is 9.85. The Hall–Kier alpha value is -2.37. The molecule has 1 atom stereocenters. The smallest absolute Gasteiger partial charge is 0.325 e. The molecule has 4 amide bonds. The van der Waals surface area contributed by atoms with Crippen LogP contribution in [0.25, 0.3) is 0 Å². The predicted molar refractivity (Wildman–Crippen MR) is 112 cm³/mol. The Morgan fingerprint density at radius 3 is 2.34 bits per heavy atom. The minimum absolute atomic E-state index is 0.140. The summed E-state index contributed by atoms with van der Waals surface area (Å²) in [6.45, 7) is 3.59. The third-order valence-corrected chi connectivity index (χ3v) is 6.12. The van der Waals surface area contributed by atoms with Crippen molar-refractivity contribution in [3.8, 4) is 0 Å². The highest BCUT2D eigenvalue weighted by atomic mass is 16.2. The largest absolute Gasteiger partial charge is 0.352 e. The van der Waals surface area contributed by atoms with Crippen LogP contribution in [-0.4, -0.2) is 35.3 Å². The third-order valence-electron chi connectivity index (χ3n) is 6.12. The van der Waals surface area contributed by atoms with Gasteiger partial charge in [-0.15, -0.1) is 0 Å². The summed E-state index contributed by atoms with van der Waals surface area (Å²) in [6, 6.07) is 7.40. The van der Waals surface area contributed by atoms with Crippen LogP contribution >= 0.6 is 0 Å². The number of rotatable bonds is 6. The summed E-state index contributed by atoms with van der Waals surface area (Å²) in [4.78, 5) is 39.1. The number of carbonyl (C=O) groups excluding carboxylic acids is 3. The number of benzene rings is 1. The molecule has 2 fully saturated rings. The number of urea groups is 1. The molecule has 3 rings (SSSR count). The van der Waals surface area contributed by atoms with E-state index in [4.69, 9.17) is 0 Å². The molecule has 1 heterocycles. The summed E-state index contributed by atoms with van der Waals surface area (Å²) in [5.41, 5.74) is 0.799. The van der Waals surface area contributed by atoms with E-state index < -0.39 is 11.6 Å². The van der Waals surface area contributed by atoms with Gasteiger partial charge in [0, 0.05) is 6.04 Å². The van der Waals surface area contributed by atoms with Gasteiger partial charge < -0.3 is 10.6 Å². The lowest BCUT2D eigenvalue weighted by atomic mass is 9.91. The van der Waals surface area contributed by atoms with Crippen molar-refractivity contribution in [2.45, 2.75) is 83.2 Å². The van der Waals surface area contributed by atoms with Crippen molar-refractivity contribution < 1.29 is 14.4 Å². The van der Waals surface area contributed by atoms with Crippen molar-refractivity contribution >= 4 is 17.8 Å². The summed E-state index contributed by atoms with van der Waals surface area (Å²) in [7, 11) is 0. The minimum atomic E-state index is -1.14. The molecule has 1 unspecified atom stereocenters. The second kappa shape index (κ2) is 9.42. The van der Waals surface area contributed by atoms with Gasteiger partial charge in [0.2, 0.25) is 5.91 Å². The number of carbonyl (C=O) groups is 3. The molecular weight excluding hydrogens is 366 g/mol. The average molecular weight is 400 g/mol. The second-order valence-corrected chi connectivity index (χ2v) is 8.50. The lowest BCUT2D eigenvalue weighted by Crippen LogP contribution is -2.45. The van der Waals surface area contributed by atoms with E-state index in [-0.39, 0.29) is 24.4 Å². The van der Waals surface area contributed by atoms with Gasteiger partial charge >= 0.3 is 6.03 Å². The topological polar surface area (TPSA) is 78.5 Å². The van der Waals surface area contributed by atoms with E-state index in [1.165, 1.54) is 24.8 Å². The zero-order valence-electron chi connectivity index (χ0n) is 17.6. The second-order valence-electron chi connectivity index (χ2n) is 8.50. The molecule has 2 N–H and O–H groups in total. The molecule has 0 bridgehead atoms. The number of nitrogens with one attached hydrogen (secondary N) is 2. The van der Waals surface area contributed by atoms with Crippen molar-refractivity contribution in [3.05, 3.63) is 35.4 Å². The van der Waals surface area contributed by atoms with E-state index in [2.05, 4.69) is 17.6 Å². The van der Waals surface area contributed by atoms with Gasteiger partial charge in [-0.05, 0) is 37.3 Å². The number of aryl methyl sites for hydroxylation is 1. The summed E-state index contributed by atoms with van der Waals surface area (Å²) >= 11 is 0. The molecule has 0 spiro atoms. The lowest BCUT2D eigenvalue weighted by molar-refractivity contribution is -0.135. The van der Waals surface area contributed by atoms with Crippen LogP contribution < -0.4 is 10.6 Å². The van der Waals surface area contributed by atoms with Gasteiger partial charge in [-0.1, -0.05) is 69.7 Å². The first-order valence-corrected chi connectivity index (χ1v) is 11.0. The number of amides is 4. The van der Waals surface area contributed by atoms with Crippen LogP contribution in [0.15, 0.2) is 24.3 Å². The maximum absolute atomic E-state index is 13.0. The Morgan fingerprint density at radius 2 is 1.72 bits per heavy atom. The van der Waals surface area contributed by atoms with E-state index in [0.717, 1.165) is 49.0 Å². The predicted octanol–water partition coefficient (Wildman–Crippen LogP) is 3.64. The maximum atomic E-state index is 13.0. The van der Waals surface area contributed by atoms with Crippen molar-refractivity contribution in [3.63, 3.8) is 0 Å². The molecule has 1 aromatic carbocycles. The maximum Gasteiger partial charge on any atom is 0.325 e. The van der Waals surface area contributed by atoms with E-state index in [9.17, 15) is 14.4 Å². The molecule has 2 aliphatic rings. The standard InChI is InChI=1S/C23H33N3O3/c1-3-9-17-12-14-18(15-13-17)23(2)21(28)26(22(29)25-23)16-20(27)24-19-10-7-5-4-6-8-11-19/h12-15,19H,3-11,16H2,1-2H3,(H,24,27)(H,25,29). The molecule has 158 valence electrons. The fraction of sp³-hybridized carbons (Fsp3) is 0.609. The van der Waals surface area contributed by atoms with Gasteiger partial charge in [0.15, 0.2) is 0 Å². The lowest BCUT2D eigenvalue weighted by Gasteiger charge is -2.24. The number of imide groups is 1. The van der Waals surface area contributed by atoms with E-state index >= 15 is 0 Å². The number of nitrogens with zero attached hydrogens (tertiary/aromatic N) is 1. The Bertz CT molecular complexity index is 738.